The van der Waals surface area contributed by atoms with Gasteiger partial charge in [0, 0.05) is 31.3 Å². The highest BCUT2D eigenvalue weighted by Gasteiger charge is 2.18. The van der Waals surface area contributed by atoms with E-state index < -0.39 is 15.9 Å². The molecule has 0 bridgehead atoms. The number of thiocarbonyl (C=S) groups is 1. The summed E-state index contributed by atoms with van der Waals surface area (Å²) in [5, 5.41) is 9.31. The van der Waals surface area contributed by atoms with Crippen LogP contribution in [0, 0.1) is 0 Å². The third-order valence-electron chi connectivity index (χ3n) is 3.79. The number of carbonyl (C=O) groups is 1. The Morgan fingerprint density at radius 1 is 1.10 bits per heavy atom. The molecule has 0 spiro atoms. The number of nitrogens with one attached hydrogen (secondary N) is 3. The molecule has 0 atom stereocenters. The molecule has 1 amide bonds. The highest BCUT2D eigenvalue weighted by Crippen LogP contribution is 2.22. The molecule has 2 heterocycles. The molecule has 0 radical (unpaired) electrons. The Bertz CT molecular complexity index is 1180. The van der Waals surface area contributed by atoms with Gasteiger partial charge in [-0.25, -0.2) is 18.4 Å². The van der Waals surface area contributed by atoms with Crippen molar-refractivity contribution in [3.8, 4) is 5.88 Å². The Hall–Kier alpha value is -3.58. The van der Waals surface area contributed by atoms with Crippen molar-refractivity contribution in [2.24, 2.45) is 7.05 Å². The summed E-state index contributed by atoms with van der Waals surface area (Å²) in [4.78, 5) is 19.9. The van der Waals surface area contributed by atoms with E-state index >= 15 is 0 Å². The van der Waals surface area contributed by atoms with Crippen molar-refractivity contribution >= 4 is 44.8 Å². The van der Waals surface area contributed by atoms with Crippen molar-refractivity contribution in [2.45, 2.75) is 4.90 Å². The quantitative estimate of drug-likeness (QED) is 0.475. The Kier molecular flexibility index (Phi) is 6.23. The lowest BCUT2D eigenvalue weighted by Gasteiger charge is -2.12. The lowest BCUT2D eigenvalue weighted by molar-refractivity contribution is 0.0968. The first-order valence-corrected chi connectivity index (χ1v) is 10.3. The van der Waals surface area contributed by atoms with Gasteiger partial charge in [0.2, 0.25) is 5.82 Å². The second-order valence-corrected chi connectivity index (χ2v) is 7.88. The fourth-order valence-corrected chi connectivity index (χ4v) is 3.59. The van der Waals surface area contributed by atoms with Crippen LogP contribution >= 0.6 is 12.2 Å². The lowest BCUT2D eigenvalue weighted by Crippen LogP contribution is -2.35. The number of hydrogen-bond donors (Lipinski definition) is 3. The van der Waals surface area contributed by atoms with Gasteiger partial charge in [0.1, 0.15) is 5.69 Å². The molecule has 0 unspecified atom stereocenters. The minimum Gasteiger partial charge on any atom is -0.478 e. The number of nitrogens with zero attached hydrogens (tertiary/aromatic N) is 4. The van der Waals surface area contributed by atoms with Crippen molar-refractivity contribution in [1.82, 2.24) is 25.1 Å². The lowest BCUT2D eigenvalue weighted by atomic mass is 10.3. The summed E-state index contributed by atoms with van der Waals surface area (Å²) in [7, 11) is -0.924. The van der Waals surface area contributed by atoms with Crippen LogP contribution in [0.5, 0.6) is 5.88 Å². The van der Waals surface area contributed by atoms with Gasteiger partial charge < -0.3 is 10.1 Å². The average Bonchev–Trinajstić information content (AvgIpc) is 3.14. The second-order valence-electron chi connectivity index (χ2n) is 5.79. The van der Waals surface area contributed by atoms with Crippen LogP contribution in [0.2, 0.25) is 0 Å². The molecule has 0 aliphatic rings. The molecule has 0 aliphatic heterocycles. The summed E-state index contributed by atoms with van der Waals surface area (Å²) in [5.41, 5.74) is 0.826. The van der Waals surface area contributed by atoms with Gasteiger partial charge in [-0.15, -0.1) is 0 Å². The fourth-order valence-electron chi connectivity index (χ4n) is 2.37. The number of amides is 1. The van der Waals surface area contributed by atoms with E-state index in [0.29, 0.717) is 11.4 Å². The van der Waals surface area contributed by atoms with Crippen molar-refractivity contribution in [1.29, 1.82) is 0 Å². The van der Waals surface area contributed by atoms with Gasteiger partial charge in [0.25, 0.3) is 21.8 Å². The largest absolute Gasteiger partial charge is 0.478 e. The van der Waals surface area contributed by atoms with E-state index in [0.717, 1.165) is 0 Å². The number of rotatable bonds is 6. The Balaban J connectivity index is 1.66. The molecule has 13 heteroatoms. The fraction of sp³-hybridized carbons (Fsp3) is 0.118. The number of hydrogen-bond acceptors (Lipinski definition) is 8. The molecular weight excluding hydrogens is 430 g/mol. The van der Waals surface area contributed by atoms with Gasteiger partial charge in [-0.1, -0.05) is 0 Å². The van der Waals surface area contributed by atoms with E-state index in [2.05, 4.69) is 30.4 Å². The number of carbonyl (C=O) groups excluding carboxylic acids is 1. The smallest absolute Gasteiger partial charge is 0.275 e. The summed E-state index contributed by atoms with van der Waals surface area (Å²) in [6, 6.07) is 7.31. The summed E-state index contributed by atoms with van der Waals surface area (Å²) < 4.78 is 33.9. The number of ether oxygens (including phenoxy) is 1. The number of sulfonamides is 1. The normalized spacial score (nSPS) is 10.9. The van der Waals surface area contributed by atoms with Crippen LogP contribution in [0.4, 0.5) is 11.5 Å². The Morgan fingerprint density at radius 3 is 2.43 bits per heavy atom. The van der Waals surface area contributed by atoms with Crippen LogP contribution in [-0.2, 0) is 17.1 Å². The number of aromatic nitrogens is 4. The van der Waals surface area contributed by atoms with Crippen molar-refractivity contribution in [3.63, 3.8) is 0 Å². The van der Waals surface area contributed by atoms with Crippen LogP contribution < -0.4 is 20.1 Å². The third-order valence-corrected chi connectivity index (χ3v) is 5.35. The predicted molar refractivity (Wildman–Crippen MR) is 113 cm³/mol. The molecule has 3 N–H and O–H groups in total. The van der Waals surface area contributed by atoms with Gasteiger partial charge >= 0.3 is 0 Å². The predicted octanol–water partition coefficient (Wildman–Crippen LogP) is 1.15. The topological polar surface area (TPSA) is 140 Å². The minimum atomic E-state index is -3.92. The van der Waals surface area contributed by atoms with Gasteiger partial charge in [0.15, 0.2) is 5.11 Å². The molecule has 0 saturated heterocycles. The van der Waals surface area contributed by atoms with Crippen LogP contribution in [0.15, 0.2) is 53.8 Å². The van der Waals surface area contributed by atoms with Crippen LogP contribution in [0.3, 0.4) is 0 Å². The van der Waals surface area contributed by atoms with Crippen LogP contribution in [0.25, 0.3) is 0 Å². The molecule has 0 saturated carbocycles. The van der Waals surface area contributed by atoms with E-state index in [-0.39, 0.29) is 21.7 Å². The Labute approximate surface area is 177 Å². The summed E-state index contributed by atoms with van der Waals surface area (Å²) in [6.07, 6.45) is 4.22. The average molecular weight is 448 g/mol. The summed E-state index contributed by atoms with van der Waals surface area (Å²) in [6.45, 7) is 0. The zero-order valence-electron chi connectivity index (χ0n) is 15.9. The molecule has 156 valence electrons. The highest BCUT2D eigenvalue weighted by molar-refractivity contribution is 7.92. The van der Waals surface area contributed by atoms with Gasteiger partial charge in [-0.3, -0.25) is 19.5 Å². The van der Waals surface area contributed by atoms with E-state index in [1.165, 1.54) is 54.6 Å². The van der Waals surface area contributed by atoms with E-state index in [1.54, 1.807) is 13.1 Å². The summed E-state index contributed by atoms with van der Waals surface area (Å²) in [5.74, 6) is -0.399. The first-order valence-electron chi connectivity index (χ1n) is 8.38. The van der Waals surface area contributed by atoms with Crippen molar-refractivity contribution in [3.05, 3.63) is 54.6 Å². The first kappa shape index (κ1) is 21.1. The molecule has 3 rings (SSSR count). The molecule has 1 aromatic carbocycles. The number of methoxy groups -OCH3 is 1. The zero-order chi connectivity index (χ0) is 21.7. The third kappa shape index (κ3) is 4.87. The van der Waals surface area contributed by atoms with Gasteiger partial charge in [0.05, 0.1) is 12.0 Å². The monoisotopic (exact) mass is 447 g/mol. The minimum absolute atomic E-state index is 0.00871. The number of benzene rings is 1. The molecule has 0 fully saturated rings. The Morgan fingerprint density at radius 2 is 1.80 bits per heavy atom. The van der Waals surface area contributed by atoms with Crippen LogP contribution in [-0.4, -0.2) is 46.3 Å². The van der Waals surface area contributed by atoms with E-state index in [1.807, 2.05) is 0 Å². The SMILES string of the molecule is COc1nccnc1NS(=O)(=O)c1ccc(NC(=S)NC(=O)c2ccnn2C)cc1. The zero-order valence-corrected chi connectivity index (χ0v) is 17.5. The number of aryl methyl sites for hydroxylation is 1. The maximum atomic E-state index is 12.6. The van der Waals surface area contributed by atoms with Crippen molar-refractivity contribution in [2.75, 3.05) is 17.1 Å². The van der Waals surface area contributed by atoms with E-state index in [4.69, 9.17) is 17.0 Å². The van der Waals surface area contributed by atoms with Gasteiger partial charge in [-0.05, 0) is 42.5 Å². The highest BCUT2D eigenvalue weighted by atomic mass is 32.2. The molecule has 30 heavy (non-hydrogen) atoms. The molecule has 3 aromatic rings. The maximum Gasteiger partial charge on any atom is 0.275 e. The maximum absolute atomic E-state index is 12.6. The first-order chi connectivity index (χ1) is 14.3. The summed E-state index contributed by atoms with van der Waals surface area (Å²) >= 11 is 5.12. The molecular formula is C17H17N7O4S2. The number of anilines is 2. The molecule has 0 aliphatic carbocycles. The van der Waals surface area contributed by atoms with Crippen LogP contribution in [0.1, 0.15) is 10.5 Å². The van der Waals surface area contributed by atoms with Gasteiger partial charge in [-0.2, -0.15) is 5.10 Å². The molecule has 2 aromatic heterocycles. The molecule has 11 nitrogen and oxygen atoms in total. The van der Waals surface area contributed by atoms with E-state index in [9.17, 15) is 13.2 Å². The standard InChI is InChI=1S/C17H17N7O4S2/c1-24-13(7-8-20-24)15(25)22-17(29)21-11-3-5-12(6-4-11)30(26,27)23-14-16(28-2)19-10-9-18-14/h3-10H,1-2H3,(H,18,23)(H2,21,22,25,29). The second kappa shape index (κ2) is 8.84. The van der Waals surface area contributed by atoms with Crippen molar-refractivity contribution < 1.29 is 17.9 Å².